The summed E-state index contributed by atoms with van der Waals surface area (Å²) >= 11 is 1.67. The Labute approximate surface area is 123 Å². The summed E-state index contributed by atoms with van der Waals surface area (Å²) in [5, 5.41) is 2.04. The van der Waals surface area contributed by atoms with E-state index in [1.165, 1.54) is 10.4 Å². The first-order chi connectivity index (χ1) is 9.49. The molecular formula is C14H21N3O2S. The van der Waals surface area contributed by atoms with Crippen LogP contribution in [0.2, 0.25) is 0 Å². The topological polar surface area (TPSA) is 66.6 Å². The molecule has 1 aromatic rings. The molecule has 1 fully saturated rings. The monoisotopic (exact) mass is 295 g/mol. The average molecular weight is 295 g/mol. The third-order valence-electron chi connectivity index (χ3n) is 3.81. The molecule has 0 aromatic carbocycles. The van der Waals surface area contributed by atoms with Crippen molar-refractivity contribution in [1.82, 2.24) is 9.80 Å². The van der Waals surface area contributed by atoms with Crippen LogP contribution in [-0.2, 0) is 11.3 Å². The molecular weight excluding hydrogens is 274 g/mol. The van der Waals surface area contributed by atoms with Crippen LogP contribution in [0, 0.1) is 12.8 Å². The van der Waals surface area contributed by atoms with Gasteiger partial charge in [0.05, 0.1) is 12.5 Å². The standard InChI is InChI=1S/C14H21N3O2S/c1-10-5-7-20-12(10)9-16(2)13(18)11-4-3-6-17(8-11)14(15)19/h5,7,11H,3-4,6,8-9H2,1-2H3,(H2,15,19)/t11-/m1/s1. The molecule has 0 saturated carbocycles. The summed E-state index contributed by atoms with van der Waals surface area (Å²) in [6, 6.07) is 1.63. The molecule has 1 aliphatic rings. The van der Waals surface area contributed by atoms with E-state index in [2.05, 4.69) is 13.0 Å². The number of urea groups is 1. The summed E-state index contributed by atoms with van der Waals surface area (Å²) in [5.41, 5.74) is 6.52. The van der Waals surface area contributed by atoms with Crippen LogP contribution in [-0.4, -0.2) is 41.9 Å². The number of aryl methyl sites for hydroxylation is 1. The van der Waals surface area contributed by atoms with E-state index in [0.29, 0.717) is 19.6 Å². The fourth-order valence-electron chi connectivity index (χ4n) is 2.55. The lowest BCUT2D eigenvalue weighted by atomic mass is 9.97. The van der Waals surface area contributed by atoms with Gasteiger partial charge in [-0.1, -0.05) is 0 Å². The van der Waals surface area contributed by atoms with Gasteiger partial charge in [-0.15, -0.1) is 11.3 Å². The van der Waals surface area contributed by atoms with Gasteiger partial charge in [-0.2, -0.15) is 0 Å². The van der Waals surface area contributed by atoms with E-state index in [4.69, 9.17) is 5.73 Å². The molecule has 3 amide bonds. The Hall–Kier alpha value is -1.56. The van der Waals surface area contributed by atoms with Crippen molar-refractivity contribution in [2.24, 2.45) is 11.7 Å². The first-order valence-electron chi connectivity index (χ1n) is 6.81. The molecule has 2 rings (SSSR count). The SMILES string of the molecule is Cc1ccsc1CN(C)C(=O)[C@@H]1CCCN(C(N)=O)C1. The third-order valence-corrected chi connectivity index (χ3v) is 4.82. The predicted molar refractivity (Wildman–Crippen MR) is 79.4 cm³/mol. The Bertz CT molecular complexity index is 500. The van der Waals surface area contributed by atoms with Gasteiger partial charge in [0.15, 0.2) is 0 Å². The van der Waals surface area contributed by atoms with Crippen molar-refractivity contribution in [3.8, 4) is 0 Å². The highest BCUT2D eigenvalue weighted by atomic mass is 32.1. The van der Waals surface area contributed by atoms with Crippen LogP contribution in [0.15, 0.2) is 11.4 Å². The summed E-state index contributed by atoms with van der Waals surface area (Å²) in [4.78, 5) is 28.2. The molecule has 1 atom stereocenters. The van der Waals surface area contributed by atoms with Crippen molar-refractivity contribution in [2.45, 2.75) is 26.3 Å². The predicted octanol–water partition coefficient (Wildman–Crippen LogP) is 1.81. The van der Waals surface area contributed by atoms with E-state index in [1.807, 2.05) is 12.4 Å². The van der Waals surface area contributed by atoms with E-state index >= 15 is 0 Å². The van der Waals surface area contributed by atoms with Gasteiger partial charge in [-0.05, 0) is 36.8 Å². The highest BCUT2D eigenvalue weighted by Gasteiger charge is 2.29. The minimum absolute atomic E-state index is 0.101. The molecule has 1 aromatic heterocycles. The number of piperidine rings is 1. The van der Waals surface area contributed by atoms with Gasteiger partial charge in [0.25, 0.3) is 0 Å². The van der Waals surface area contributed by atoms with Crippen molar-refractivity contribution in [3.05, 3.63) is 21.9 Å². The molecule has 1 saturated heterocycles. The molecule has 0 spiro atoms. The van der Waals surface area contributed by atoms with Crippen molar-refractivity contribution < 1.29 is 9.59 Å². The lowest BCUT2D eigenvalue weighted by molar-refractivity contribution is -0.136. The molecule has 110 valence electrons. The van der Waals surface area contributed by atoms with Gasteiger partial charge in [0.2, 0.25) is 5.91 Å². The first-order valence-corrected chi connectivity index (χ1v) is 7.69. The van der Waals surface area contributed by atoms with E-state index in [0.717, 1.165) is 12.8 Å². The molecule has 1 aliphatic heterocycles. The second-order valence-corrected chi connectivity index (χ2v) is 6.35. The minimum Gasteiger partial charge on any atom is -0.351 e. The van der Waals surface area contributed by atoms with Crippen LogP contribution < -0.4 is 5.73 Å². The molecule has 0 aliphatic carbocycles. The van der Waals surface area contributed by atoms with Crippen LogP contribution in [0.25, 0.3) is 0 Å². The van der Waals surface area contributed by atoms with Crippen LogP contribution in [0.4, 0.5) is 4.79 Å². The van der Waals surface area contributed by atoms with Gasteiger partial charge >= 0.3 is 6.03 Å². The Morgan fingerprint density at radius 2 is 2.30 bits per heavy atom. The molecule has 2 heterocycles. The van der Waals surface area contributed by atoms with Gasteiger partial charge in [-0.25, -0.2) is 4.79 Å². The van der Waals surface area contributed by atoms with Crippen molar-refractivity contribution in [2.75, 3.05) is 20.1 Å². The van der Waals surface area contributed by atoms with Gasteiger partial charge in [0, 0.05) is 25.0 Å². The smallest absolute Gasteiger partial charge is 0.314 e. The van der Waals surface area contributed by atoms with Crippen LogP contribution in [0.1, 0.15) is 23.3 Å². The van der Waals surface area contributed by atoms with Gasteiger partial charge < -0.3 is 15.5 Å². The number of thiophene rings is 1. The molecule has 5 nitrogen and oxygen atoms in total. The molecule has 20 heavy (non-hydrogen) atoms. The number of likely N-dealkylation sites (tertiary alicyclic amines) is 1. The van der Waals surface area contributed by atoms with E-state index < -0.39 is 6.03 Å². The summed E-state index contributed by atoms with van der Waals surface area (Å²) in [7, 11) is 1.82. The Morgan fingerprint density at radius 3 is 2.90 bits per heavy atom. The van der Waals surface area contributed by atoms with Crippen molar-refractivity contribution in [3.63, 3.8) is 0 Å². The Morgan fingerprint density at radius 1 is 1.55 bits per heavy atom. The summed E-state index contributed by atoms with van der Waals surface area (Å²) in [6.07, 6.45) is 1.67. The maximum absolute atomic E-state index is 12.5. The minimum atomic E-state index is -0.431. The average Bonchev–Trinajstić information content (AvgIpc) is 2.83. The number of amides is 3. The fourth-order valence-corrected chi connectivity index (χ4v) is 3.51. The number of nitrogens with zero attached hydrogens (tertiary/aromatic N) is 2. The maximum Gasteiger partial charge on any atom is 0.314 e. The number of rotatable bonds is 3. The third kappa shape index (κ3) is 3.30. The van der Waals surface area contributed by atoms with Crippen LogP contribution in [0.5, 0.6) is 0 Å². The number of hydrogen-bond acceptors (Lipinski definition) is 3. The Balaban J connectivity index is 1.96. The quantitative estimate of drug-likeness (QED) is 0.924. The van der Waals surface area contributed by atoms with E-state index in [9.17, 15) is 9.59 Å². The normalized spacial score (nSPS) is 18.9. The fraction of sp³-hybridized carbons (Fsp3) is 0.571. The summed E-state index contributed by atoms with van der Waals surface area (Å²) < 4.78 is 0. The second kappa shape index (κ2) is 6.26. The van der Waals surface area contributed by atoms with Crippen LogP contribution >= 0.6 is 11.3 Å². The zero-order valence-electron chi connectivity index (χ0n) is 12.0. The zero-order valence-corrected chi connectivity index (χ0v) is 12.8. The number of nitrogens with two attached hydrogens (primary N) is 1. The molecule has 6 heteroatoms. The number of hydrogen-bond donors (Lipinski definition) is 1. The first kappa shape index (κ1) is 14.8. The lowest BCUT2D eigenvalue weighted by Gasteiger charge is -2.32. The van der Waals surface area contributed by atoms with E-state index in [1.54, 1.807) is 21.1 Å². The van der Waals surface area contributed by atoms with Gasteiger partial charge in [-0.3, -0.25) is 4.79 Å². The number of carbonyl (C=O) groups excluding carboxylic acids is 2. The maximum atomic E-state index is 12.5. The summed E-state index contributed by atoms with van der Waals surface area (Å²) in [6.45, 7) is 3.80. The van der Waals surface area contributed by atoms with Crippen LogP contribution in [0.3, 0.4) is 0 Å². The molecule has 2 N–H and O–H groups in total. The number of carbonyl (C=O) groups is 2. The van der Waals surface area contributed by atoms with Gasteiger partial charge in [0.1, 0.15) is 0 Å². The zero-order chi connectivity index (χ0) is 14.7. The highest BCUT2D eigenvalue weighted by molar-refractivity contribution is 7.10. The number of primary amides is 1. The summed E-state index contributed by atoms with van der Waals surface area (Å²) in [5.74, 6) is -0.0229. The second-order valence-electron chi connectivity index (χ2n) is 5.34. The molecule has 0 radical (unpaired) electrons. The lowest BCUT2D eigenvalue weighted by Crippen LogP contribution is -2.47. The largest absolute Gasteiger partial charge is 0.351 e. The van der Waals surface area contributed by atoms with Crippen molar-refractivity contribution >= 4 is 23.3 Å². The van der Waals surface area contributed by atoms with E-state index in [-0.39, 0.29) is 11.8 Å². The molecule has 0 unspecified atom stereocenters. The Kier molecular flexibility index (Phi) is 4.65. The molecule has 0 bridgehead atoms. The highest BCUT2D eigenvalue weighted by Crippen LogP contribution is 2.21. The van der Waals surface area contributed by atoms with Crippen molar-refractivity contribution in [1.29, 1.82) is 0 Å².